The van der Waals surface area contributed by atoms with E-state index in [-0.39, 0.29) is 19.6 Å². The van der Waals surface area contributed by atoms with Gasteiger partial charge in [0.25, 0.3) is 0 Å². The molecule has 1 rings (SSSR count). The number of carbonyl (C=O) groups is 2. The molecule has 1 N–H and O–H groups in total. The summed E-state index contributed by atoms with van der Waals surface area (Å²) < 4.78 is 10.3. The van der Waals surface area contributed by atoms with E-state index in [0.29, 0.717) is 12.8 Å². The Morgan fingerprint density at radius 1 is 1.18 bits per heavy atom. The van der Waals surface area contributed by atoms with E-state index in [0.717, 1.165) is 0 Å². The predicted molar refractivity (Wildman–Crippen MR) is 81.6 cm³/mol. The second-order valence-corrected chi connectivity index (χ2v) is 5.15. The maximum atomic E-state index is 12.6. The molecule has 0 saturated heterocycles. The van der Waals surface area contributed by atoms with E-state index in [1.54, 1.807) is 32.9 Å². The number of aliphatic hydroxyl groups is 1. The molecule has 0 unspecified atom stereocenters. The van der Waals surface area contributed by atoms with Crippen molar-refractivity contribution in [3.63, 3.8) is 0 Å². The first-order chi connectivity index (χ1) is 10.5. The summed E-state index contributed by atoms with van der Waals surface area (Å²) in [5, 5.41) is 9.61. The number of hydrogen-bond donors (Lipinski definition) is 1. The third kappa shape index (κ3) is 3.89. The van der Waals surface area contributed by atoms with Gasteiger partial charge in [-0.2, -0.15) is 0 Å². The fourth-order valence-corrected chi connectivity index (χ4v) is 2.62. The van der Waals surface area contributed by atoms with Crippen LogP contribution in [0.15, 0.2) is 12.2 Å². The van der Waals surface area contributed by atoms with E-state index in [1.807, 2.05) is 0 Å². The fourth-order valence-electron chi connectivity index (χ4n) is 2.62. The minimum atomic E-state index is -1.47. The van der Waals surface area contributed by atoms with Gasteiger partial charge in [-0.1, -0.05) is 12.2 Å². The molecule has 0 aromatic carbocycles. The summed E-state index contributed by atoms with van der Waals surface area (Å²) >= 11 is 0. The van der Waals surface area contributed by atoms with Crippen LogP contribution < -0.4 is 0 Å². The molecule has 0 amide bonds. The number of carbonyl (C=O) groups excluding carboxylic acids is 2. The lowest BCUT2D eigenvalue weighted by atomic mass is 9.69. The van der Waals surface area contributed by atoms with Crippen molar-refractivity contribution in [2.24, 2.45) is 11.3 Å². The van der Waals surface area contributed by atoms with Gasteiger partial charge in [-0.05, 0) is 33.6 Å². The lowest BCUT2D eigenvalue weighted by Gasteiger charge is -2.35. The zero-order chi connectivity index (χ0) is 16.6. The van der Waals surface area contributed by atoms with E-state index in [1.165, 1.54) is 0 Å². The number of esters is 2. The van der Waals surface area contributed by atoms with Crippen molar-refractivity contribution in [1.29, 1.82) is 0 Å². The molecule has 5 nitrogen and oxygen atoms in total. The quantitative estimate of drug-likeness (QED) is 0.351. The molecular formula is C17H24O5. The van der Waals surface area contributed by atoms with Crippen LogP contribution in [0.3, 0.4) is 0 Å². The number of ether oxygens (including phenoxy) is 2. The first-order valence-electron chi connectivity index (χ1n) is 7.63. The van der Waals surface area contributed by atoms with Gasteiger partial charge in [0, 0.05) is 12.3 Å². The molecule has 0 radical (unpaired) electrons. The van der Waals surface area contributed by atoms with Crippen molar-refractivity contribution in [2.75, 3.05) is 13.2 Å². The summed E-state index contributed by atoms with van der Waals surface area (Å²) in [4.78, 5) is 25.2. The number of hydrogen-bond acceptors (Lipinski definition) is 5. The molecular weight excluding hydrogens is 284 g/mol. The molecule has 22 heavy (non-hydrogen) atoms. The van der Waals surface area contributed by atoms with Crippen LogP contribution in [-0.2, 0) is 19.1 Å². The summed E-state index contributed by atoms with van der Waals surface area (Å²) in [6, 6.07) is 0. The average molecular weight is 308 g/mol. The highest BCUT2D eigenvalue weighted by atomic mass is 16.6. The second-order valence-electron chi connectivity index (χ2n) is 5.15. The summed E-state index contributed by atoms with van der Waals surface area (Å²) in [6.45, 7) is 5.40. The Morgan fingerprint density at radius 2 is 1.77 bits per heavy atom. The second kappa shape index (κ2) is 8.60. The Hall–Kier alpha value is -1.80. The van der Waals surface area contributed by atoms with Crippen molar-refractivity contribution < 1.29 is 24.2 Å². The van der Waals surface area contributed by atoms with Crippen LogP contribution in [0.4, 0.5) is 0 Å². The topological polar surface area (TPSA) is 72.8 Å². The largest absolute Gasteiger partial charge is 0.465 e. The predicted octanol–water partition coefficient (Wildman–Crippen LogP) is 1.84. The highest BCUT2D eigenvalue weighted by Crippen LogP contribution is 2.40. The summed E-state index contributed by atoms with van der Waals surface area (Å²) in [7, 11) is 0. The van der Waals surface area contributed by atoms with Crippen LogP contribution in [0.5, 0.6) is 0 Å². The van der Waals surface area contributed by atoms with Crippen LogP contribution in [-0.4, -0.2) is 36.4 Å². The highest BCUT2D eigenvalue weighted by molar-refractivity contribution is 6.01. The smallest absolute Gasteiger partial charge is 0.325 e. The van der Waals surface area contributed by atoms with Crippen LogP contribution in [0, 0.1) is 23.2 Å². The molecule has 0 fully saturated rings. The summed E-state index contributed by atoms with van der Waals surface area (Å²) in [5.74, 6) is 3.94. The highest BCUT2D eigenvalue weighted by Gasteiger charge is 2.54. The molecule has 2 atom stereocenters. The Labute approximate surface area is 131 Å². The molecule has 0 bridgehead atoms. The summed E-state index contributed by atoms with van der Waals surface area (Å²) in [6.07, 6.45) is 3.81. The third-order valence-corrected chi connectivity index (χ3v) is 3.80. The standard InChI is InChI=1S/C17H24O5/c1-4-7-12-17(15(19)21-5-2,16(20)22-6-3)13-8-10-14(18)11-9-13/h8,10,13-14,18H,5-6,9,11-12H2,1-3H3/t13-,14+/m0/s1. The van der Waals surface area contributed by atoms with Gasteiger partial charge >= 0.3 is 11.9 Å². The van der Waals surface area contributed by atoms with Gasteiger partial charge in [-0.25, -0.2) is 0 Å². The van der Waals surface area contributed by atoms with Crippen molar-refractivity contribution in [2.45, 2.75) is 46.1 Å². The minimum absolute atomic E-state index is 0.0479. The molecule has 0 spiro atoms. The normalized spacial score (nSPS) is 20.7. The Balaban J connectivity index is 3.28. The van der Waals surface area contributed by atoms with Crippen molar-refractivity contribution in [3.8, 4) is 11.8 Å². The first kappa shape index (κ1) is 18.2. The van der Waals surface area contributed by atoms with E-state index in [9.17, 15) is 14.7 Å². The number of allylic oxidation sites excluding steroid dienone is 1. The van der Waals surface area contributed by atoms with Gasteiger partial charge in [0.05, 0.1) is 19.3 Å². The molecule has 1 aliphatic rings. The van der Waals surface area contributed by atoms with Gasteiger partial charge in [0.2, 0.25) is 0 Å². The summed E-state index contributed by atoms with van der Waals surface area (Å²) in [5.41, 5.74) is -1.47. The van der Waals surface area contributed by atoms with Crippen LogP contribution in [0.1, 0.15) is 40.0 Å². The molecule has 122 valence electrons. The molecule has 1 aliphatic carbocycles. The zero-order valence-electron chi connectivity index (χ0n) is 13.4. The average Bonchev–Trinajstić information content (AvgIpc) is 2.50. The monoisotopic (exact) mass is 308 g/mol. The van der Waals surface area contributed by atoms with Gasteiger partial charge < -0.3 is 14.6 Å². The van der Waals surface area contributed by atoms with Gasteiger partial charge in [-0.15, -0.1) is 11.8 Å². The molecule has 0 heterocycles. The van der Waals surface area contributed by atoms with E-state index < -0.39 is 29.4 Å². The third-order valence-electron chi connectivity index (χ3n) is 3.80. The van der Waals surface area contributed by atoms with Crippen molar-refractivity contribution in [1.82, 2.24) is 0 Å². The Morgan fingerprint density at radius 3 is 2.18 bits per heavy atom. The minimum Gasteiger partial charge on any atom is -0.465 e. The van der Waals surface area contributed by atoms with Crippen molar-refractivity contribution in [3.05, 3.63) is 12.2 Å². The Kier molecular flexibility index (Phi) is 7.13. The lowest BCUT2D eigenvalue weighted by molar-refractivity contribution is -0.175. The SMILES string of the molecule is CC#CCC(C(=O)OCC)(C(=O)OCC)[C@H]1C=C[C@@H](O)CC1. The van der Waals surface area contributed by atoms with Crippen LogP contribution >= 0.6 is 0 Å². The van der Waals surface area contributed by atoms with Crippen molar-refractivity contribution >= 4 is 11.9 Å². The van der Waals surface area contributed by atoms with Gasteiger partial charge in [0.15, 0.2) is 5.41 Å². The number of rotatable bonds is 6. The molecule has 0 saturated carbocycles. The first-order valence-corrected chi connectivity index (χ1v) is 7.63. The fraction of sp³-hybridized carbons (Fsp3) is 0.647. The van der Waals surface area contributed by atoms with Gasteiger partial charge in [-0.3, -0.25) is 9.59 Å². The van der Waals surface area contributed by atoms with E-state index in [2.05, 4.69) is 11.8 Å². The maximum Gasteiger partial charge on any atom is 0.325 e. The van der Waals surface area contributed by atoms with Gasteiger partial charge in [0.1, 0.15) is 0 Å². The van der Waals surface area contributed by atoms with E-state index >= 15 is 0 Å². The van der Waals surface area contributed by atoms with E-state index in [4.69, 9.17) is 9.47 Å². The number of aliphatic hydroxyl groups excluding tert-OH is 1. The van der Waals surface area contributed by atoms with Crippen LogP contribution in [0.25, 0.3) is 0 Å². The lowest BCUT2D eigenvalue weighted by Crippen LogP contribution is -2.48. The zero-order valence-corrected chi connectivity index (χ0v) is 13.4. The molecule has 0 aromatic rings. The molecule has 0 aromatic heterocycles. The van der Waals surface area contributed by atoms with Crippen LogP contribution in [0.2, 0.25) is 0 Å². The molecule has 0 aliphatic heterocycles. The Bertz CT molecular complexity index is 465. The maximum absolute atomic E-state index is 12.6. The molecule has 5 heteroatoms.